The number of aromatic nitrogens is 2. The third-order valence-corrected chi connectivity index (χ3v) is 7.42. The first kappa shape index (κ1) is 17.6. The van der Waals surface area contributed by atoms with Crippen LogP contribution >= 0.6 is 34.4 Å². The fourth-order valence-electron chi connectivity index (χ4n) is 3.12. The number of carbonyl (C=O) groups excluding carboxylic acids is 2. The molecule has 1 aliphatic rings. The quantitative estimate of drug-likeness (QED) is 0.528. The fourth-order valence-corrected chi connectivity index (χ4v) is 5.98. The average molecular weight is 404 g/mol. The summed E-state index contributed by atoms with van der Waals surface area (Å²) in [5.41, 5.74) is 1.35. The van der Waals surface area contributed by atoms with Gasteiger partial charge in [-0.25, -0.2) is 9.97 Å². The average Bonchev–Trinajstić information content (AvgIpc) is 3.27. The summed E-state index contributed by atoms with van der Waals surface area (Å²) in [7, 11) is 0. The second kappa shape index (κ2) is 7.46. The molecule has 0 aliphatic heterocycles. The van der Waals surface area contributed by atoms with E-state index in [1.807, 2.05) is 5.38 Å². The summed E-state index contributed by atoms with van der Waals surface area (Å²) in [5.74, 6) is 0.205. The molecule has 3 aromatic heterocycles. The van der Waals surface area contributed by atoms with Crippen LogP contribution in [0.25, 0.3) is 10.2 Å². The van der Waals surface area contributed by atoms with Gasteiger partial charge in [0.25, 0.3) is 5.91 Å². The molecule has 0 saturated heterocycles. The van der Waals surface area contributed by atoms with Crippen molar-refractivity contribution in [1.29, 1.82) is 0 Å². The van der Waals surface area contributed by atoms with E-state index in [2.05, 4.69) is 22.2 Å². The number of thiophene rings is 2. The summed E-state index contributed by atoms with van der Waals surface area (Å²) in [5, 5.41) is 6.18. The van der Waals surface area contributed by atoms with Crippen molar-refractivity contribution in [1.82, 2.24) is 15.3 Å². The normalized spacial score (nSPS) is 16.4. The summed E-state index contributed by atoms with van der Waals surface area (Å²) >= 11 is 4.43. The molecular weight excluding hydrogens is 386 g/mol. The van der Waals surface area contributed by atoms with E-state index in [-0.39, 0.29) is 17.6 Å². The number of amides is 2. The van der Waals surface area contributed by atoms with Crippen molar-refractivity contribution in [2.45, 2.75) is 31.2 Å². The summed E-state index contributed by atoms with van der Waals surface area (Å²) in [4.78, 5) is 35.9. The largest absolute Gasteiger partial charge is 0.291 e. The first-order valence-electron chi connectivity index (χ1n) is 8.37. The van der Waals surface area contributed by atoms with Crippen LogP contribution in [0.3, 0.4) is 0 Å². The van der Waals surface area contributed by atoms with Crippen molar-refractivity contribution in [2.75, 3.05) is 5.75 Å². The van der Waals surface area contributed by atoms with Gasteiger partial charge in [0.15, 0.2) is 0 Å². The molecule has 1 N–H and O–H groups in total. The van der Waals surface area contributed by atoms with E-state index in [1.54, 1.807) is 29.8 Å². The van der Waals surface area contributed by atoms with Crippen LogP contribution in [0.1, 0.15) is 33.5 Å². The first-order valence-corrected chi connectivity index (χ1v) is 11.1. The van der Waals surface area contributed by atoms with Crippen molar-refractivity contribution in [3.05, 3.63) is 39.2 Å². The smallest absolute Gasteiger partial charge is 0.267 e. The number of hydrogen-bond acceptors (Lipinski definition) is 7. The second-order valence-electron chi connectivity index (χ2n) is 6.35. The minimum atomic E-state index is -0.347. The highest BCUT2D eigenvalue weighted by molar-refractivity contribution is 8.00. The third kappa shape index (κ3) is 3.54. The predicted octanol–water partition coefficient (Wildman–Crippen LogP) is 3.93. The minimum absolute atomic E-state index is 0.157. The van der Waals surface area contributed by atoms with Gasteiger partial charge in [0.1, 0.15) is 16.2 Å². The molecule has 0 fully saturated rings. The molecule has 1 aliphatic carbocycles. The van der Waals surface area contributed by atoms with Gasteiger partial charge >= 0.3 is 0 Å². The maximum atomic E-state index is 12.1. The van der Waals surface area contributed by atoms with Gasteiger partial charge < -0.3 is 0 Å². The SMILES string of the molecule is C[C@@H]1CCc2c(sc3ncnc(SCC(=O)NC(=O)c4cccs4)c23)C1. The molecule has 3 heterocycles. The second-order valence-corrected chi connectivity index (χ2v) is 9.35. The van der Waals surface area contributed by atoms with E-state index in [9.17, 15) is 9.59 Å². The van der Waals surface area contributed by atoms with Gasteiger partial charge in [0.2, 0.25) is 5.91 Å². The van der Waals surface area contributed by atoms with Gasteiger partial charge in [-0.2, -0.15) is 0 Å². The Bertz CT molecular complexity index is 966. The molecule has 4 rings (SSSR count). The third-order valence-electron chi connectivity index (χ3n) is 4.39. The van der Waals surface area contributed by atoms with Crippen molar-refractivity contribution in [3.8, 4) is 0 Å². The predicted molar refractivity (Wildman–Crippen MR) is 106 cm³/mol. The maximum absolute atomic E-state index is 12.1. The minimum Gasteiger partial charge on any atom is -0.291 e. The Morgan fingerprint density at radius 2 is 2.27 bits per heavy atom. The number of thioether (sulfide) groups is 1. The highest BCUT2D eigenvalue weighted by atomic mass is 32.2. The van der Waals surface area contributed by atoms with Crippen LogP contribution in [-0.2, 0) is 17.6 Å². The number of rotatable bonds is 4. The van der Waals surface area contributed by atoms with Crippen molar-refractivity contribution in [2.24, 2.45) is 5.92 Å². The maximum Gasteiger partial charge on any atom is 0.267 e. The molecule has 0 spiro atoms. The number of carbonyl (C=O) groups is 2. The zero-order chi connectivity index (χ0) is 18.1. The number of imide groups is 1. The van der Waals surface area contributed by atoms with Crippen LogP contribution in [-0.4, -0.2) is 27.5 Å². The Morgan fingerprint density at radius 1 is 1.38 bits per heavy atom. The monoisotopic (exact) mass is 403 g/mol. The Morgan fingerprint density at radius 3 is 3.08 bits per heavy atom. The Hall–Kier alpha value is -1.77. The van der Waals surface area contributed by atoms with Gasteiger partial charge in [-0.1, -0.05) is 24.8 Å². The molecule has 3 aromatic rings. The lowest BCUT2D eigenvalue weighted by molar-refractivity contribution is -0.117. The summed E-state index contributed by atoms with van der Waals surface area (Å²) in [6, 6.07) is 3.49. The first-order chi connectivity index (χ1) is 12.6. The molecule has 1 atom stereocenters. The van der Waals surface area contributed by atoms with Crippen molar-refractivity contribution in [3.63, 3.8) is 0 Å². The van der Waals surface area contributed by atoms with Crippen LogP contribution in [0, 0.1) is 5.92 Å². The number of fused-ring (bicyclic) bond motifs is 3. The van der Waals surface area contributed by atoms with Crippen LogP contribution in [0.4, 0.5) is 0 Å². The van der Waals surface area contributed by atoms with Gasteiger partial charge in [-0.3, -0.25) is 14.9 Å². The van der Waals surface area contributed by atoms with Crippen LogP contribution in [0.5, 0.6) is 0 Å². The van der Waals surface area contributed by atoms with Crippen LogP contribution in [0.2, 0.25) is 0 Å². The Kier molecular flexibility index (Phi) is 5.06. The lowest BCUT2D eigenvalue weighted by Crippen LogP contribution is -2.31. The Balaban J connectivity index is 1.49. The topological polar surface area (TPSA) is 72.0 Å². The van der Waals surface area contributed by atoms with E-state index in [1.165, 1.54) is 40.0 Å². The zero-order valence-electron chi connectivity index (χ0n) is 14.2. The van der Waals surface area contributed by atoms with Gasteiger partial charge in [0, 0.05) is 10.3 Å². The standard InChI is InChI=1S/C18H17N3O2S3/c1-10-4-5-11-13(7-10)26-18-15(11)17(19-9-20-18)25-8-14(22)21-16(23)12-3-2-6-24-12/h2-3,6,9-10H,4-5,7-8H2,1H3,(H,21,22,23)/t10-/m1/s1. The molecule has 0 radical (unpaired) electrons. The number of hydrogen-bond donors (Lipinski definition) is 1. The van der Waals surface area contributed by atoms with E-state index < -0.39 is 0 Å². The van der Waals surface area contributed by atoms with E-state index in [4.69, 9.17) is 0 Å². The van der Waals surface area contributed by atoms with E-state index >= 15 is 0 Å². The Labute approximate surface area is 163 Å². The zero-order valence-corrected chi connectivity index (χ0v) is 16.6. The highest BCUT2D eigenvalue weighted by Gasteiger charge is 2.23. The number of aryl methyl sites for hydroxylation is 1. The molecule has 5 nitrogen and oxygen atoms in total. The lowest BCUT2D eigenvalue weighted by Gasteiger charge is -2.18. The number of nitrogens with one attached hydrogen (secondary N) is 1. The van der Waals surface area contributed by atoms with Crippen LogP contribution in [0.15, 0.2) is 28.9 Å². The fraction of sp³-hybridized carbons (Fsp3) is 0.333. The molecule has 134 valence electrons. The molecule has 2 amide bonds. The summed E-state index contributed by atoms with van der Waals surface area (Å²) < 4.78 is 0. The highest BCUT2D eigenvalue weighted by Crippen LogP contribution is 2.40. The molecule has 0 bridgehead atoms. The molecule has 0 aromatic carbocycles. The van der Waals surface area contributed by atoms with Gasteiger partial charge in [-0.15, -0.1) is 22.7 Å². The van der Waals surface area contributed by atoms with E-state index in [0.29, 0.717) is 10.8 Å². The molecule has 0 saturated carbocycles. The summed E-state index contributed by atoms with van der Waals surface area (Å²) in [6.45, 7) is 2.28. The van der Waals surface area contributed by atoms with Crippen molar-refractivity contribution >= 4 is 56.5 Å². The molecule has 0 unspecified atom stereocenters. The van der Waals surface area contributed by atoms with Crippen molar-refractivity contribution < 1.29 is 9.59 Å². The number of nitrogens with zero attached hydrogens (tertiary/aromatic N) is 2. The summed E-state index contributed by atoms with van der Waals surface area (Å²) in [6.07, 6.45) is 4.87. The molecular formula is C18H17N3O2S3. The van der Waals surface area contributed by atoms with Crippen LogP contribution < -0.4 is 5.32 Å². The van der Waals surface area contributed by atoms with Gasteiger partial charge in [0.05, 0.1) is 10.6 Å². The van der Waals surface area contributed by atoms with E-state index in [0.717, 1.165) is 28.1 Å². The molecule has 8 heteroatoms. The lowest BCUT2D eigenvalue weighted by atomic mass is 9.89. The van der Waals surface area contributed by atoms with Gasteiger partial charge in [-0.05, 0) is 42.2 Å². The molecule has 26 heavy (non-hydrogen) atoms.